The van der Waals surface area contributed by atoms with Crippen molar-refractivity contribution in [1.82, 2.24) is 15.1 Å². The van der Waals surface area contributed by atoms with Gasteiger partial charge in [-0.2, -0.15) is 0 Å². The molecule has 2 N–H and O–H groups in total. The normalized spacial score (nSPS) is 18.8. The lowest BCUT2D eigenvalue weighted by atomic mass is 10.0. The van der Waals surface area contributed by atoms with E-state index < -0.39 is 0 Å². The zero-order valence-corrected chi connectivity index (χ0v) is 12.8. The largest absolute Gasteiger partial charge is 0.395 e. The molecule has 1 aliphatic rings. The molecule has 0 aromatic heterocycles. The average molecular weight is 295 g/mol. The second kappa shape index (κ2) is 8.44. The van der Waals surface area contributed by atoms with Gasteiger partial charge in [0, 0.05) is 45.3 Å². The maximum atomic E-state index is 13.3. The first kappa shape index (κ1) is 16.4. The Hall–Kier alpha value is -1.01. The Bertz CT molecular complexity index is 422. The van der Waals surface area contributed by atoms with Crippen molar-refractivity contribution < 1.29 is 9.50 Å². The maximum absolute atomic E-state index is 13.3. The summed E-state index contributed by atoms with van der Waals surface area (Å²) in [7, 11) is 1.93. The van der Waals surface area contributed by atoms with Gasteiger partial charge in [-0.3, -0.25) is 4.90 Å². The second-order valence-corrected chi connectivity index (χ2v) is 5.59. The van der Waals surface area contributed by atoms with Crippen LogP contribution in [0.5, 0.6) is 0 Å². The van der Waals surface area contributed by atoms with Gasteiger partial charge in [0.15, 0.2) is 0 Å². The molecular weight excluding hydrogens is 269 g/mol. The van der Waals surface area contributed by atoms with Crippen molar-refractivity contribution >= 4 is 0 Å². The molecule has 1 fully saturated rings. The maximum Gasteiger partial charge on any atom is 0.123 e. The quantitative estimate of drug-likeness (QED) is 0.790. The molecule has 0 radical (unpaired) electrons. The summed E-state index contributed by atoms with van der Waals surface area (Å²) in [6, 6.07) is 7.03. The molecule has 0 bridgehead atoms. The van der Waals surface area contributed by atoms with Gasteiger partial charge in [-0.25, -0.2) is 4.39 Å². The molecule has 1 saturated heterocycles. The number of nitrogens with zero attached hydrogens (tertiary/aromatic N) is 2. The first-order valence-electron chi connectivity index (χ1n) is 7.71. The van der Waals surface area contributed by atoms with E-state index in [-0.39, 0.29) is 18.5 Å². The Labute approximate surface area is 126 Å². The molecule has 2 rings (SSSR count). The van der Waals surface area contributed by atoms with Gasteiger partial charge >= 0.3 is 0 Å². The smallest absolute Gasteiger partial charge is 0.123 e. The lowest BCUT2D eigenvalue weighted by Crippen LogP contribution is -2.47. The fourth-order valence-corrected chi connectivity index (χ4v) is 2.89. The van der Waals surface area contributed by atoms with Crippen molar-refractivity contribution in [2.45, 2.75) is 12.5 Å². The van der Waals surface area contributed by atoms with Gasteiger partial charge in [0.25, 0.3) is 0 Å². The third-order valence-electron chi connectivity index (χ3n) is 4.21. The van der Waals surface area contributed by atoms with E-state index in [2.05, 4.69) is 15.1 Å². The molecule has 1 aliphatic heterocycles. The number of hydrogen-bond acceptors (Lipinski definition) is 4. The van der Waals surface area contributed by atoms with E-state index in [4.69, 9.17) is 5.11 Å². The van der Waals surface area contributed by atoms with Crippen molar-refractivity contribution in [3.05, 3.63) is 35.6 Å². The fraction of sp³-hybridized carbons (Fsp3) is 0.625. The molecule has 1 aromatic carbocycles. The molecule has 5 heteroatoms. The number of aliphatic hydroxyl groups excluding tert-OH is 1. The van der Waals surface area contributed by atoms with Crippen molar-refractivity contribution in [1.29, 1.82) is 0 Å². The summed E-state index contributed by atoms with van der Waals surface area (Å²) in [6.07, 6.45) is 0.972. The van der Waals surface area contributed by atoms with Gasteiger partial charge in [-0.15, -0.1) is 0 Å². The van der Waals surface area contributed by atoms with Crippen LogP contribution in [0, 0.1) is 5.82 Å². The minimum Gasteiger partial charge on any atom is -0.395 e. The average Bonchev–Trinajstić information content (AvgIpc) is 2.50. The van der Waals surface area contributed by atoms with E-state index in [1.54, 1.807) is 12.1 Å². The predicted molar refractivity (Wildman–Crippen MR) is 82.8 cm³/mol. The standard InChI is InChI=1S/C16H26FN3O/c1-18-16(14-3-2-4-15(17)13-14)5-6-19-7-9-20(10-8-19)11-12-21/h2-4,13,16,18,21H,5-12H2,1H3. The third-order valence-corrected chi connectivity index (χ3v) is 4.21. The molecule has 1 unspecified atom stereocenters. The lowest BCUT2D eigenvalue weighted by Gasteiger charge is -2.35. The molecular formula is C16H26FN3O. The van der Waals surface area contributed by atoms with Crippen LogP contribution in [-0.2, 0) is 0 Å². The zero-order chi connectivity index (χ0) is 15.1. The van der Waals surface area contributed by atoms with Crippen LogP contribution in [0.15, 0.2) is 24.3 Å². The highest BCUT2D eigenvalue weighted by Crippen LogP contribution is 2.18. The van der Waals surface area contributed by atoms with Crippen LogP contribution in [0.2, 0.25) is 0 Å². The highest BCUT2D eigenvalue weighted by molar-refractivity contribution is 5.20. The molecule has 21 heavy (non-hydrogen) atoms. The second-order valence-electron chi connectivity index (χ2n) is 5.59. The topological polar surface area (TPSA) is 38.7 Å². The molecule has 0 saturated carbocycles. The van der Waals surface area contributed by atoms with Crippen LogP contribution in [0.3, 0.4) is 0 Å². The number of nitrogens with one attached hydrogen (secondary N) is 1. The number of benzene rings is 1. The predicted octanol–water partition coefficient (Wildman–Crippen LogP) is 1.09. The van der Waals surface area contributed by atoms with E-state index in [0.29, 0.717) is 0 Å². The van der Waals surface area contributed by atoms with Gasteiger partial charge in [-0.05, 0) is 31.2 Å². The summed E-state index contributed by atoms with van der Waals surface area (Å²) < 4.78 is 13.3. The number of aliphatic hydroxyl groups is 1. The first-order valence-corrected chi connectivity index (χ1v) is 7.71. The molecule has 118 valence electrons. The summed E-state index contributed by atoms with van der Waals surface area (Å²) >= 11 is 0. The van der Waals surface area contributed by atoms with E-state index in [1.165, 1.54) is 6.07 Å². The number of piperazine rings is 1. The Morgan fingerprint density at radius 2 is 1.86 bits per heavy atom. The number of β-amino-alcohol motifs (C(OH)–C–C–N with tert-alkyl or cyclic N) is 1. The highest BCUT2D eigenvalue weighted by atomic mass is 19.1. The molecule has 1 atom stereocenters. The van der Waals surface area contributed by atoms with Gasteiger partial charge in [0.1, 0.15) is 5.82 Å². The fourth-order valence-electron chi connectivity index (χ4n) is 2.89. The number of rotatable bonds is 7. The highest BCUT2D eigenvalue weighted by Gasteiger charge is 2.18. The molecule has 0 aliphatic carbocycles. The van der Waals surface area contributed by atoms with Crippen LogP contribution in [0.4, 0.5) is 4.39 Å². The van der Waals surface area contributed by atoms with Crippen molar-refractivity contribution in [2.75, 3.05) is 52.9 Å². The van der Waals surface area contributed by atoms with Gasteiger partial charge in [0.2, 0.25) is 0 Å². The SMILES string of the molecule is CNC(CCN1CCN(CCO)CC1)c1cccc(F)c1. The third kappa shape index (κ3) is 5.04. The molecule has 4 nitrogen and oxygen atoms in total. The van der Waals surface area contributed by atoms with E-state index in [9.17, 15) is 4.39 Å². The summed E-state index contributed by atoms with van der Waals surface area (Å²) in [5.74, 6) is -0.176. The lowest BCUT2D eigenvalue weighted by molar-refractivity contribution is 0.110. The van der Waals surface area contributed by atoms with E-state index >= 15 is 0 Å². The minimum absolute atomic E-state index is 0.176. The van der Waals surface area contributed by atoms with E-state index in [0.717, 1.165) is 51.3 Å². The van der Waals surface area contributed by atoms with Crippen LogP contribution in [-0.4, -0.2) is 67.8 Å². The number of halogens is 1. The van der Waals surface area contributed by atoms with Crippen molar-refractivity contribution in [3.63, 3.8) is 0 Å². The summed E-state index contributed by atoms with van der Waals surface area (Å²) in [4.78, 5) is 4.73. The molecule has 0 spiro atoms. The summed E-state index contributed by atoms with van der Waals surface area (Å²) in [5, 5.41) is 12.2. The van der Waals surface area contributed by atoms with Crippen molar-refractivity contribution in [3.8, 4) is 0 Å². The van der Waals surface area contributed by atoms with Crippen molar-refractivity contribution in [2.24, 2.45) is 0 Å². The molecule has 1 aromatic rings. The Balaban J connectivity index is 1.79. The Morgan fingerprint density at radius 3 is 2.43 bits per heavy atom. The number of hydrogen-bond donors (Lipinski definition) is 2. The van der Waals surface area contributed by atoms with E-state index in [1.807, 2.05) is 13.1 Å². The first-order chi connectivity index (χ1) is 10.2. The van der Waals surface area contributed by atoms with Crippen LogP contribution in [0.25, 0.3) is 0 Å². The minimum atomic E-state index is -0.176. The van der Waals surface area contributed by atoms with Crippen LogP contribution in [0.1, 0.15) is 18.0 Å². The summed E-state index contributed by atoms with van der Waals surface area (Å²) in [6.45, 7) is 6.14. The van der Waals surface area contributed by atoms with Gasteiger partial charge in [0.05, 0.1) is 6.61 Å². The Kier molecular flexibility index (Phi) is 6.57. The van der Waals surface area contributed by atoms with Crippen LogP contribution >= 0.6 is 0 Å². The summed E-state index contributed by atoms with van der Waals surface area (Å²) in [5.41, 5.74) is 1.01. The van der Waals surface area contributed by atoms with Gasteiger partial charge in [-0.1, -0.05) is 12.1 Å². The zero-order valence-electron chi connectivity index (χ0n) is 12.8. The Morgan fingerprint density at radius 1 is 1.19 bits per heavy atom. The molecule has 0 amide bonds. The monoisotopic (exact) mass is 295 g/mol. The molecule has 1 heterocycles. The van der Waals surface area contributed by atoms with Crippen LogP contribution < -0.4 is 5.32 Å². The van der Waals surface area contributed by atoms with Gasteiger partial charge < -0.3 is 15.3 Å².